The fraction of sp³-hybridized carbons (Fsp3) is 0.389. The fourth-order valence-electron chi connectivity index (χ4n) is 7.16. The number of carbonyl (C=O) groups excluding carboxylic acids is 2. The van der Waals surface area contributed by atoms with Gasteiger partial charge in [0.2, 0.25) is 0 Å². The number of esters is 2. The maximum absolute atomic E-state index is 12.5. The monoisotopic (exact) mass is 600 g/mol. The molecule has 0 spiro atoms. The Bertz CT molecular complexity index is 1530. The van der Waals surface area contributed by atoms with E-state index in [4.69, 9.17) is 18.9 Å². The van der Waals surface area contributed by atoms with Crippen molar-refractivity contribution in [1.29, 1.82) is 0 Å². The van der Waals surface area contributed by atoms with Gasteiger partial charge in [-0.3, -0.25) is 9.59 Å². The molecule has 0 aromatic heterocycles. The molecule has 0 radical (unpaired) electrons. The molecule has 0 amide bonds. The number of hydrogen-bond acceptors (Lipinski definition) is 8. The number of fused-ring (bicyclic) bond motifs is 2. The van der Waals surface area contributed by atoms with Crippen molar-refractivity contribution < 1.29 is 38.7 Å². The third kappa shape index (κ3) is 6.69. The van der Waals surface area contributed by atoms with Crippen molar-refractivity contribution >= 4 is 18.0 Å². The predicted molar refractivity (Wildman–Crippen MR) is 166 cm³/mol. The Labute approximate surface area is 258 Å². The number of carbonyl (C=O) groups is 2. The molecule has 1 fully saturated rings. The summed E-state index contributed by atoms with van der Waals surface area (Å²) in [5, 5.41) is 21.1. The molecule has 5 unspecified atom stereocenters. The van der Waals surface area contributed by atoms with Gasteiger partial charge in [-0.1, -0.05) is 48.6 Å². The number of aromatic hydroxyl groups is 2. The van der Waals surface area contributed by atoms with Gasteiger partial charge in [-0.05, 0) is 83.5 Å². The Balaban J connectivity index is 1.71. The third-order valence-electron chi connectivity index (χ3n) is 9.05. The maximum atomic E-state index is 12.5. The lowest BCUT2D eigenvalue weighted by Crippen LogP contribution is -2.49. The van der Waals surface area contributed by atoms with E-state index in [1.807, 2.05) is 48.5 Å². The van der Waals surface area contributed by atoms with Crippen LogP contribution >= 0.6 is 0 Å². The summed E-state index contributed by atoms with van der Waals surface area (Å²) in [5.41, 5.74) is 3.46. The largest absolute Gasteiger partial charge is 0.504 e. The van der Waals surface area contributed by atoms with Crippen LogP contribution in [-0.4, -0.2) is 48.6 Å². The fourth-order valence-corrected chi connectivity index (χ4v) is 7.16. The van der Waals surface area contributed by atoms with Crippen LogP contribution < -0.4 is 9.47 Å². The molecule has 5 rings (SSSR count). The van der Waals surface area contributed by atoms with Crippen molar-refractivity contribution in [2.75, 3.05) is 14.2 Å². The summed E-state index contributed by atoms with van der Waals surface area (Å²) >= 11 is 0. The van der Waals surface area contributed by atoms with Crippen LogP contribution in [0.5, 0.6) is 23.0 Å². The second kappa shape index (κ2) is 13.0. The number of allylic oxidation sites excluding steroid dienone is 1. The van der Waals surface area contributed by atoms with Crippen LogP contribution in [0.25, 0.3) is 6.08 Å². The number of hydrogen-bond donors (Lipinski definition) is 2. The molecule has 2 aliphatic rings. The van der Waals surface area contributed by atoms with Crippen LogP contribution in [0.15, 0.2) is 66.7 Å². The summed E-state index contributed by atoms with van der Waals surface area (Å²) in [7, 11) is 3.04. The van der Waals surface area contributed by atoms with Crippen LogP contribution in [0.3, 0.4) is 0 Å². The number of phenolic OH excluding ortho intramolecular Hbond substituents is 2. The van der Waals surface area contributed by atoms with E-state index >= 15 is 0 Å². The molecule has 3 aromatic carbocycles. The van der Waals surface area contributed by atoms with E-state index in [-0.39, 0.29) is 23.3 Å². The summed E-state index contributed by atoms with van der Waals surface area (Å²) in [4.78, 5) is 24.8. The van der Waals surface area contributed by atoms with Gasteiger partial charge in [-0.25, -0.2) is 0 Å². The first-order valence-corrected chi connectivity index (χ1v) is 14.9. The van der Waals surface area contributed by atoms with Gasteiger partial charge in [-0.2, -0.15) is 0 Å². The van der Waals surface area contributed by atoms with Gasteiger partial charge in [0, 0.05) is 26.2 Å². The highest BCUT2D eigenvalue weighted by Gasteiger charge is 2.50. The molecule has 8 heteroatoms. The van der Waals surface area contributed by atoms with Crippen LogP contribution in [0.4, 0.5) is 0 Å². The van der Waals surface area contributed by atoms with Crippen molar-refractivity contribution in [1.82, 2.24) is 0 Å². The molecule has 44 heavy (non-hydrogen) atoms. The maximum Gasteiger partial charge on any atom is 0.302 e. The second-order valence-corrected chi connectivity index (χ2v) is 11.9. The number of ether oxygens (including phenoxy) is 4. The van der Waals surface area contributed by atoms with Gasteiger partial charge in [0.25, 0.3) is 0 Å². The van der Waals surface area contributed by atoms with Crippen molar-refractivity contribution in [2.45, 2.75) is 64.1 Å². The van der Waals surface area contributed by atoms with Crippen LogP contribution in [-0.2, 0) is 31.9 Å². The SMILES string of the molecule is COc1cc(C2CC(OC(C)=O)CC(OC(C)=O)C3Cc4cc(OC)c(O)cc4CC3(C=Cc3ccccc3)C2)ccc1O. The summed E-state index contributed by atoms with van der Waals surface area (Å²) in [6.07, 6.45) is 5.89. The van der Waals surface area contributed by atoms with Crippen LogP contribution in [0.2, 0.25) is 0 Å². The smallest absolute Gasteiger partial charge is 0.302 e. The molecule has 5 atom stereocenters. The Hall–Kier alpha value is -4.46. The van der Waals surface area contributed by atoms with Crippen molar-refractivity contribution in [3.05, 3.63) is 89.0 Å². The second-order valence-electron chi connectivity index (χ2n) is 11.9. The first-order valence-electron chi connectivity index (χ1n) is 14.9. The van der Waals surface area contributed by atoms with Gasteiger partial charge in [0.1, 0.15) is 12.2 Å². The average molecular weight is 601 g/mol. The van der Waals surface area contributed by atoms with Crippen molar-refractivity contribution in [3.8, 4) is 23.0 Å². The van der Waals surface area contributed by atoms with Gasteiger partial charge >= 0.3 is 11.9 Å². The predicted octanol–water partition coefficient (Wildman–Crippen LogP) is 6.36. The molecule has 3 aromatic rings. The molecular weight excluding hydrogens is 560 g/mol. The molecule has 0 bridgehead atoms. The summed E-state index contributed by atoms with van der Waals surface area (Å²) < 4.78 is 22.8. The molecule has 232 valence electrons. The standard InChI is InChI=1S/C36H40O8/c1-22(37)43-29-14-27(25-10-11-31(39)34(17-25)41-3)20-36(13-12-24-8-6-5-7-9-24)21-28-16-32(40)35(42-4)18-26(28)15-30(36)33(19-29)44-23(2)38/h5-13,16-18,27,29-30,33,39-40H,14-15,19-21H2,1-4H3. The number of phenols is 2. The molecule has 8 nitrogen and oxygen atoms in total. The Kier molecular flexibility index (Phi) is 9.18. The van der Waals surface area contributed by atoms with E-state index in [2.05, 4.69) is 12.2 Å². The van der Waals surface area contributed by atoms with Crippen molar-refractivity contribution in [3.63, 3.8) is 0 Å². The highest BCUT2D eigenvalue weighted by atomic mass is 16.6. The van der Waals surface area contributed by atoms with Crippen LogP contribution in [0.1, 0.15) is 61.3 Å². The topological polar surface area (TPSA) is 112 Å². The molecule has 0 heterocycles. The highest BCUT2D eigenvalue weighted by molar-refractivity contribution is 5.67. The number of rotatable bonds is 7. The average Bonchev–Trinajstić information content (AvgIpc) is 2.98. The van der Waals surface area contributed by atoms with Gasteiger partial charge < -0.3 is 29.2 Å². The summed E-state index contributed by atoms with van der Waals surface area (Å²) in [6.45, 7) is 2.80. The van der Waals surface area contributed by atoms with E-state index in [9.17, 15) is 19.8 Å². The molecule has 2 aliphatic carbocycles. The van der Waals surface area contributed by atoms with Crippen molar-refractivity contribution in [2.24, 2.45) is 11.3 Å². The minimum absolute atomic E-state index is 0.0427. The number of methoxy groups -OCH3 is 2. The van der Waals surface area contributed by atoms with Gasteiger partial charge in [-0.15, -0.1) is 0 Å². The van der Waals surface area contributed by atoms with E-state index in [0.717, 1.165) is 22.3 Å². The zero-order valence-corrected chi connectivity index (χ0v) is 25.6. The Morgan fingerprint density at radius 1 is 0.841 bits per heavy atom. The number of benzene rings is 3. The van der Waals surface area contributed by atoms with E-state index in [0.29, 0.717) is 43.6 Å². The van der Waals surface area contributed by atoms with Gasteiger partial charge in [0.15, 0.2) is 23.0 Å². The molecule has 1 saturated carbocycles. The first kappa shape index (κ1) is 31.0. The molecule has 2 N–H and O–H groups in total. The lowest BCUT2D eigenvalue weighted by molar-refractivity contribution is -0.160. The minimum atomic E-state index is -0.541. The molecule has 0 saturated heterocycles. The Morgan fingerprint density at radius 2 is 1.55 bits per heavy atom. The highest BCUT2D eigenvalue weighted by Crippen LogP contribution is 2.54. The molecule has 0 aliphatic heterocycles. The van der Waals surface area contributed by atoms with E-state index in [1.165, 1.54) is 28.1 Å². The minimum Gasteiger partial charge on any atom is -0.504 e. The lowest BCUT2D eigenvalue weighted by Gasteiger charge is -2.50. The van der Waals surface area contributed by atoms with E-state index < -0.39 is 29.6 Å². The zero-order chi connectivity index (χ0) is 31.4. The lowest BCUT2D eigenvalue weighted by atomic mass is 9.56. The summed E-state index contributed by atoms with van der Waals surface area (Å²) in [6, 6.07) is 19.0. The summed E-state index contributed by atoms with van der Waals surface area (Å²) in [5.74, 6) is -0.224. The Morgan fingerprint density at radius 3 is 2.23 bits per heavy atom. The van der Waals surface area contributed by atoms with E-state index in [1.54, 1.807) is 12.1 Å². The van der Waals surface area contributed by atoms with Gasteiger partial charge in [0.05, 0.1) is 14.2 Å². The first-order chi connectivity index (χ1) is 21.1. The normalized spacial score (nSPS) is 24.7. The zero-order valence-electron chi connectivity index (χ0n) is 25.6. The quantitative estimate of drug-likeness (QED) is 0.302. The molecular formula is C36H40O8. The van der Waals surface area contributed by atoms with Crippen LogP contribution in [0, 0.1) is 11.3 Å². The third-order valence-corrected chi connectivity index (χ3v) is 9.05.